The molecule has 0 unspecified atom stereocenters. The van der Waals surface area contributed by atoms with E-state index >= 15 is 0 Å². The highest BCUT2D eigenvalue weighted by Crippen LogP contribution is 2.33. The van der Waals surface area contributed by atoms with E-state index in [1.807, 2.05) is 50.2 Å². The van der Waals surface area contributed by atoms with Crippen LogP contribution in [-0.4, -0.2) is 29.2 Å². The van der Waals surface area contributed by atoms with Crippen molar-refractivity contribution in [1.29, 1.82) is 0 Å². The van der Waals surface area contributed by atoms with E-state index < -0.39 is 0 Å². The number of furan rings is 1. The average Bonchev–Trinajstić information content (AvgIpc) is 3.31. The van der Waals surface area contributed by atoms with Gasteiger partial charge < -0.3 is 9.15 Å². The first-order valence-electron chi connectivity index (χ1n) is 9.72. The molecule has 1 aliphatic rings. The zero-order valence-electron chi connectivity index (χ0n) is 17.1. The first kappa shape index (κ1) is 21.3. The highest BCUT2D eigenvalue weighted by atomic mass is 35.5. The highest BCUT2D eigenvalue weighted by molar-refractivity contribution is 8.18. The van der Waals surface area contributed by atoms with Gasteiger partial charge in [-0.1, -0.05) is 23.7 Å². The van der Waals surface area contributed by atoms with Gasteiger partial charge in [-0.3, -0.25) is 14.5 Å². The van der Waals surface area contributed by atoms with Crippen LogP contribution in [0.25, 0.3) is 17.4 Å². The van der Waals surface area contributed by atoms with Crippen molar-refractivity contribution in [3.63, 3.8) is 0 Å². The Labute approximate surface area is 189 Å². The standard InChI is InChI=1S/C24H20ClNO4S/c1-15-3-4-16(2)21(13-15)29-12-11-26-23(27)22(31-24(26)28)14-19-9-10-20(30-19)17-5-7-18(25)8-6-17/h3-10,13-14H,11-12H2,1-2H3/b22-14-. The fraction of sp³-hybridized carbons (Fsp3) is 0.167. The molecule has 0 N–H and O–H groups in total. The van der Waals surface area contributed by atoms with Crippen LogP contribution in [0.1, 0.15) is 16.9 Å². The van der Waals surface area contributed by atoms with Crippen molar-refractivity contribution in [3.05, 3.63) is 81.4 Å². The maximum atomic E-state index is 12.7. The number of ether oxygens (including phenoxy) is 1. The minimum Gasteiger partial charge on any atom is -0.491 e. The second-order valence-corrected chi connectivity index (χ2v) is 8.59. The lowest BCUT2D eigenvalue weighted by molar-refractivity contribution is -0.123. The Hall–Kier alpha value is -2.96. The number of hydrogen-bond acceptors (Lipinski definition) is 5. The highest BCUT2D eigenvalue weighted by Gasteiger charge is 2.35. The Kier molecular flexibility index (Phi) is 6.20. The normalized spacial score (nSPS) is 15.2. The maximum Gasteiger partial charge on any atom is 0.293 e. The second kappa shape index (κ2) is 9.04. The molecular formula is C24H20ClNO4S. The van der Waals surface area contributed by atoms with Crippen molar-refractivity contribution < 1.29 is 18.7 Å². The average molecular weight is 454 g/mol. The van der Waals surface area contributed by atoms with Crippen molar-refractivity contribution in [2.24, 2.45) is 0 Å². The van der Waals surface area contributed by atoms with Gasteiger partial charge in [0, 0.05) is 16.7 Å². The zero-order valence-corrected chi connectivity index (χ0v) is 18.6. The van der Waals surface area contributed by atoms with Crippen molar-refractivity contribution in [2.75, 3.05) is 13.2 Å². The van der Waals surface area contributed by atoms with E-state index in [1.54, 1.807) is 24.3 Å². The molecule has 2 aromatic carbocycles. The summed E-state index contributed by atoms with van der Waals surface area (Å²) in [5, 5.41) is 0.330. The Morgan fingerprint density at radius 3 is 2.61 bits per heavy atom. The first-order chi connectivity index (χ1) is 14.9. The third-order valence-electron chi connectivity index (χ3n) is 4.82. The van der Waals surface area contributed by atoms with E-state index in [2.05, 4.69) is 0 Å². The van der Waals surface area contributed by atoms with E-state index in [0.29, 0.717) is 21.4 Å². The number of imide groups is 1. The molecule has 2 amide bonds. The number of carbonyl (C=O) groups excluding carboxylic acids is 2. The van der Waals surface area contributed by atoms with Crippen molar-refractivity contribution in [1.82, 2.24) is 4.90 Å². The van der Waals surface area contributed by atoms with Crippen LogP contribution < -0.4 is 4.74 Å². The predicted octanol–water partition coefficient (Wildman–Crippen LogP) is 6.33. The lowest BCUT2D eigenvalue weighted by Gasteiger charge is -2.14. The van der Waals surface area contributed by atoms with Gasteiger partial charge in [0.15, 0.2) is 0 Å². The molecule has 4 rings (SSSR count). The lowest BCUT2D eigenvalue weighted by Crippen LogP contribution is -2.32. The summed E-state index contributed by atoms with van der Waals surface area (Å²) in [4.78, 5) is 26.6. The fourth-order valence-corrected chi connectivity index (χ4v) is 4.10. The summed E-state index contributed by atoms with van der Waals surface area (Å²) < 4.78 is 11.6. The number of carbonyl (C=O) groups is 2. The molecule has 0 saturated carbocycles. The number of amides is 2. The lowest BCUT2D eigenvalue weighted by atomic mass is 10.1. The smallest absolute Gasteiger partial charge is 0.293 e. The van der Waals surface area contributed by atoms with Crippen molar-refractivity contribution in [3.8, 4) is 17.1 Å². The summed E-state index contributed by atoms with van der Waals surface area (Å²) in [6, 6.07) is 16.8. The van der Waals surface area contributed by atoms with Gasteiger partial charge in [-0.2, -0.15) is 0 Å². The van der Waals surface area contributed by atoms with E-state index in [-0.39, 0.29) is 24.3 Å². The summed E-state index contributed by atoms with van der Waals surface area (Å²) in [5.41, 5.74) is 2.97. The number of nitrogens with zero attached hydrogens (tertiary/aromatic N) is 1. The molecule has 0 aliphatic carbocycles. The van der Waals surface area contributed by atoms with E-state index in [1.165, 1.54) is 4.90 Å². The topological polar surface area (TPSA) is 59.8 Å². The fourth-order valence-electron chi connectivity index (χ4n) is 3.13. The summed E-state index contributed by atoms with van der Waals surface area (Å²) in [6.45, 7) is 4.36. The van der Waals surface area contributed by atoms with Gasteiger partial charge in [0.05, 0.1) is 11.4 Å². The quantitative estimate of drug-likeness (QED) is 0.408. The zero-order chi connectivity index (χ0) is 22.0. The third kappa shape index (κ3) is 4.86. The molecule has 1 saturated heterocycles. The Morgan fingerprint density at radius 1 is 1.06 bits per heavy atom. The summed E-state index contributed by atoms with van der Waals surface area (Å²) in [5.74, 6) is 1.57. The monoisotopic (exact) mass is 453 g/mol. The molecule has 7 heteroatoms. The molecule has 3 aromatic rings. The van der Waals surface area contributed by atoms with Gasteiger partial charge in [0.25, 0.3) is 11.1 Å². The van der Waals surface area contributed by atoms with Crippen LogP contribution in [0.3, 0.4) is 0 Å². The van der Waals surface area contributed by atoms with Crippen LogP contribution >= 0.6 is 23.4 Å². The second-order valence-electron chi connectivity index (χ2n) is 7.16. The van der Waals surface area contributed by atoms with Crippen LogP contribution in [0, 0.1) is 13.8 Å². The first-order valence-corrected chi connectivity index (χ1v) is 10.9. The summed E-state index contributed by atoms with van der Waals surface area (Å²) >= 11 is 6.82. The van der Waals surface area contributed by atoms with Gasteiger partial charge in [-0.25, -0.2) is 0 Å². The van der Waals surface area contributed by atoms with Gasteiger partial charge in [0.1, 0.15) is 23.9 Å². The molecule has 1 aromatic heterocycles. The van der Waals surface area contributed by atoms with E-state index in [9.17, 15) is 9.59 Å². The molecular weight excluding hydrogens is 434 g/mol. The SMILES string of the molecule is Cc1ccc(C)c(OCCN2C(=O)S/C(=C\c3ccc(-c4ccc(Cl)cc4)o3)C2=O)c1. The number of halogens is 1. The van der Waals surface area contributed by atoms with Crippen LogP contribution in [-0.2, 0) is 4.79 Å². The minimum atomic E-state index is -0.344. The molecule has 2 heterocycles. The van der Waals surface area contributed by atoms with Gasteiger partial charge >= 0.3 is 0 Å². The van der Waals surface area contributed by atoms with Crippen LogP contribution in [0.2, 0.25) is 5.02 Å². The molecule has 0 radical (unpaired) electrons. The maximum absolute atomic E-state index is 12.7. The van der Waals surface area contributed by atoms with E-state index in [0.717, 1.165) is 34.2 Å². The van der Waals surface area contributed by atoms with Crippen LogP contribution in [0.15, 0.2) is 63.9 Å². The summed E-state index contributed by atoms with van der Waals surface area (Å²) in [7, 11) is 0. The minimum absolute atomic E-state index is 0.184. The van der Waals surface area contributed by atoms with Gasteiger partial charge in [0.2, 0.25) is 0 Å². The number of benzene rings is 2. The van der Waals surface area contributed by atoms with Crippen LogP contribution in [0.5, 0.6) is 5.75 Å². The largest absolute Gasteiger partial charge is 0.491 e. The van der Waals surface area contributed by atoms with Crippen molar-refractivity contribution in [2.45, 2.75) is 13.8 Å². The Morgan fingerprint density at radius 2 is 1.84 bits per heavy atom. The Bertz CT molecular complexity index is 1170. The molecule has 0 bridgehead atoms. The third-order valence-corrected chi connectivity index (χ3v) is 5.98. The van der Waals surface area contributed by atoms with Gasteiger partial charge in [-0.05, 0) is 79.2 Å². The predicted molar refractivity (Wildman–Crippen MR) is 123 cm³/mol. The molecule has 5 nitrogen and oxygen atoms in total. The number of rotatable bonds is 6. The summed E-state index contributed by atoms with van der Waals surface area (Å²) in [6.07, 6.45) is 1.59. The number of aryl methyl sites for hydroxylation is 2. The van der Waals surface area contributed by atoms with Crippen molar-refractivity contribution >= 4 is 40.6 Å². The van der Waals surface area contributed by atoms with Gasteiger partial charge in [-0.15, -0.1) is 0 Å². The molecule has 31 heavy (non-hydrogen) atoms. The molecule has 1 fully saturated rings. The Balaban J connectivity index is 1.41. The molecule has 158 valence electrons. The molecule has 1 aliphatic heterocycles. The molecule has 0 atom stereocenters. The van der Waals surface area contributed by atoms with Crippen LogP contribution in [0.4, 0.5) is 4.79 Å². The number of hydrogen-bond donors (Lipinski definition) is 0. The number of thioether (sulfide) groups is 1. The van der Waals surface area contributed by atoms with E-state index in [4.69, 9.17) is 20.8 Å². The molecule has 0 spiro atoms.